The molecule has 3 rings (SSSR count). The molecular weight excluding hydrogens is 394 g/mol. The van der Waals surface area contributed by atoms with Crippen LogP contribution >= 0.6 is 11.8 Å². The van der Waals surface area contributed by atoms with E-state index in [1.165, 1.54) is 7.11 Å². The lowest BCUT2D eigenvalue weighted by atomic mass is 9.78. The minimum atomic E-state index is -1.17. The number of methoxy groups -OCH3 is 1. The Hall–Kier alpha value is -2.83. The molecule has 0 aromatic heterocycles. The average molecular weight is 415 g/mol. The summed E-state index contributed by atoms with van der Waals surface area (Å²) in [6.45, 7) is 2.03. The molecule has 1 fully saturated rings. The van der Waals surface area contributed by atoms with Gasteiger partial charge in [-0.1, -0.05) is 42.1 Å². The number of esters is 1. The summed E-state index contributed by atoms with van der Waals surface area (Å²) >= 11 is 1.10. The first kappa shape index (κ1) is 20.9. The number of hydrogen-bond donors (Lipinski definition) is 1. The SMILES string of the molecule is COC(=O)[C@H]1C(=O)NC(SCC(=O)N2CCOCC2)=C(C#N)[C@@H]1c1ccccc1. The van der Waals surface area contributed by atoms with E-state index in [4.69, 9.17) is 9.47 Å². The van der Waals surface area contributed by atoms with E-state index < -0.39 is 23.7 Å². The van der Waals surface area contributed by atoms with Gasteiger partial charge in [-0.2, -0.15) is 5.26 Å². The number of rotatable bonds is 5. The fourth-order valence-corrected chi connectivity index (χ4v) is 4.33. The molecule has 29 heavy (non-hydrogen) atoms. The molecule has 2 atom stereocenters. The van der Waals surface area contributed by atoms with Crippen molar-refractivity contribution < 1.29 is 23.9 Å². The minimum Gasteiger partial charge on any atom is -0.468 e. The Morgan fingerprint density at radius 3 is 2.62 bits per heavy atom. The van der Waals surface area contributed by atoms with Crippen LogP contribution in [0.15, 0.2) is 40.9 Å². The fourth-order valence-electron chi connectivity index (χ4n) is 3.38. The second-order valence-electron chi connectivity index (χ2n) is 6.51. The van der Waals surface area contributed by atoms with Crippen molar-refractivity contribution in [3.63, 3.8) is 0 Å². The van der Waals surface area contributed by atoms with Crippen molar-refractivity contribution in [1.29, 1.82) is 5.26 Å². The van der Waals surface area contributed by atoms with Crippen LogP contribution in [-0.4, -0.2) is 61.8 Å². The topological polar surface area (TPSA) is 109 Å². The zero-order valence-electron chi connectivity index (χ0n) is 15.9. The highest BCUT2D eigenvalue weighted by Crippen LogP contribution is 2.40. The molecule has 0 radical (unpaired) electrons. The van der Waals surface area contributed by atoms with Crippen LogP contribution in [0.2, 0.25) is 0 Å². The Balaban J connectivity index is 1.89. The molecule has 1 aromatic rings. The Morgan fingerprint density at radius 1 is 1.31 bits per heavy atom. The summed E-state index contributed by atoms with van der Waals surface area (Å²) in [6.07, 6.45) is 0. The number of carbonyl (C=O) groups excluding carboxylic acids is 3. The molecule has 9 heteroatoms. The molecule has 0 spiro atoms. The molecule has 2 heterocycles. The van der Waals surface area contributed by atoms with E-state index in [0.29, 0.717) is 36.9 Å². The number of ether oxygens (including phenoxy) is 2. The average Bonchev–Trinajstić information content (AvgIpc) is 2.77. The van der Waals surface area contributed by atoms with Gasteiger partial charge >= 0.3 is 5.97 Å². The van der Waals surface area contributed by atoms with Gasteiger partial charge in [0, 0.05) is 19.0 Å². The maximum Gasteiger partial charge on any atom is 0.319 e. The van der Waals surface area contributed by atoms with Crippen LogP contribution in [0.3, 0.4) is 0 Å². The van der Waals surface area contributed by atoms with Gasteiger partial charge in [-0.3, -0.25) is 14.4 Å². The van der Waals surface area contributed by atoms with Gasteiger partial charge < -0.3 is 19.7 Å². The van der Waals surface area contributed by atoms with Crippen molar-refractivity contribution in [2.45, 2.75) is 5.92 Å². The summed E-state index contributed by atoms with van der Waals surface area (Å²) in [5.74, 6) is -3.22. The molecule has 1 N–H and O–H groups in total. The Kier molecular flexibility index (Phi) is 6.90. The van der Waals surface area contributed by atoms with Crippen LogP contribution < -0.4 is 5.32 Å². The van der Waals surface area contributed by atoms with Crippen molar-refractivity contribution >= 4 is 29.5 Å². The lowest BCUT2D eigenvalue weighted by Gasteiger charge is -2.31. The first-order chi connectivity index (χ1) is 14.1. The maximum absolute atomic E-state index is 12.7. The number of nitriles is 1. The third kappa shape index (κ3) is 4.60. The van der Waals surface area contributed by atoms with E-state index in [-0.39, 0.29) is 17.2 Å². The molecule has 2 aliphatic rings. The molecular formula is C20H21N3O5S. The van der Waals surface area contributed by atoms with Crippen molar-refractivity contribution in [1.82, 2.24) is 10.2 Å². The van der Waals surface area contributed by atoms with Crippen LogP contribution in [0.1, 0.15) is 11.5 Å². The van der Waals surface area contributed by atoms with Crippen molar-refractivity contribution in [3.05, 3.63) is 46.5 Å². The number of hydrogen-bond acceptors (Lipinski definition) is 7. The molecule has 0 saturated carbocycles. The van der Waals surface area contributed by atoms with Crippen LogP contribution in [0.4, 0.5) is 0 Å². The highest BCUT2D eigenvalue weighted by Gasteiger charge is 2.44. The van der Waals surface area contributed by atoms with Gasteiger partial charge in [0.2, 0.25) is 11.8 Å². The monoisotopic (exact) mass is 415 g/mol. The standard InChI is InChI=1S/C20H21N3O5S/c1-27-20(26)17-16(13-5-3-2-4-6-13)14(11-21)19(22-18(17)25)29-12-15(24)23-7-9-28-10-8-23/h2-6,16-17H,7-10,12H2,1H3,(H,22,25)/t16-,17+/m0/s1. The molecule has 2 aliphatic heterocycles. The molecule has 0 bridgehead atoms. The van der Waals surface area contributed by atoms with Gasteiger partial charge in [0.05, 0.1) is 42.7 Å². The predicted molar refractivity (Wildman–Crippen MR) is 105 cm³/mol. The number of carbonyl (C=O) groups is 3. The van der Waals surface area contributed by atoms with Gasteiger partial charge in [-0.15, -0.1) is 0 Å². The van der Waals surface area contributed by atoms with Gasteiger partial charge in [0.1, 0.15) is 5.92 Å². The van der Waals surface area contributed by atoms with Crippen LogP contribution in [0.25, 0.3) is 0 Å². The summed E-state index contributed by atoms with van der Waals surface area (Å²) in [5, 5.41) is 12.8. The van der Waals surface area contributed by atoms with Gasteiger partial charge in [0.15, 0.2) is 0 Å². The number of morpholine rings is 1. The van der Waals surface area contributed by atoms with Gasteiger partial charge in [-0.05, 0) is 5.56 Å². The van der Waals surface area contributed by atoms with E-state index in [1.807, 2.05) is 6.07 Å². The third-order valence-corrected chi connectivity index (χ3v) is 5.85. The predicted octanol–water partition coefficient (Wildman–Crippen LogP) is 1.02. The Morgan fingerprint density at radius 2 is 2.00 bits per heavy atom. The maximum atomic E-state index is 12.7. The normalized spacial score (nSPS) is 21.9. The molecule has 1 saturated heterocycles. The van der Waals surface area contributed by atoms with Gasteiger partial charge in [-0.25, -0.2) is 0 Å². The summed E-state index contributed by atoms with van der Waals surface area (Å²) in [6, 6.07) is 11.0. The highest BCUT2D eigenvalue weighted by atomic mass is 32.2. The molecule has 8 nitrogen and oxygen atoms in total. The van der Waals surface area contributed by atoms with Crippen molar-refractivity contribution in [2.24, 2.45) is 5.92 Å². The van der Waals surface area contributed by atoms with Crippen molar-refractivity contribution in [2.75, 3.05) is 39.2 Å². The number of nitrogens with zero attached hydrogens (tertiary/aromatic N) is 2. The lowest BCUT2D eigenvalue weighted by molar-refractivity contribution is -0.150. The summed E-state index contributed by atoms with van der Waals surface area (Å²) < 4.78 is 10.1. The van der Waals surface area contributed by atoms with Crippen LogP contribution in [0.5, 0.6) is 0 Å². The van der Waals surface area contributed by atoms with Gasteiger partial charge in [0.25, 0.3) is 0 Å². The quantitative estimate of drug-likeness (QED) is 0.565. The highest BCUT2D eigenvalue weighted by molar-refractivity contribution is 8.03. The number of benzene rings is 1. The zero-order chi connectivity index (χ0) is 20.8. The van der Waals surface area contributed by atoms with E-state index >= 15 is 0 Å². The fraction of sp³-hybridized carbons (Fsp3) is 0.400. The first-order valence-electron chi connectivity index (χ1n) is 9.13. The number of amides is 2. The van der Waals surface area contributed by atoms with Crippen molar-refractivity contribution in [3.8, 4) is 6.07 Å². The van der Waals surface area contributed by atoms with E-state index in [1.54, 1.807) is 29.2 Å². The lowest BCUT2D eigenvalue weighted by Crippen LogP contribution is -2.44. The largest absolute Gasteiger partial charge is 0.468 e. The molecule has 1 aromatic carbocycles. The third-order valence-electron chi connectivity index (χ3n) is 4.85. The van der Waals surface area contributed by atoms with E-state index in [0.717, 1.165) is 11.8 Å². The Bertz CT molecular complexity index is 859. The summed E-state index contributed by atoms with van der Waals surface area (Å²) in [7, 11) is 1.21. The minimum absolute atomic E-state index is 0.0746. The van der Waals surface area contributed by atoms with E-state index in [2.05, 4.69) is 11.4 Å². The van der Waals surface area contributed by atoms with Crippen LogP contribution in [-0.2, 0) is 23.9 Å². The molecule has 2 amide bonds. The smallest absolute Gasteiger partial charge is 0.319 e. The molecule has 152 valence electrons. The number of nitrogens with one attached hydrogen (secondary N) is 1. The second-order valence-corrected chi connectivity index (χ2v) is 7.50. The summed E-state index contributed by atoms with van der Waals surface area (Å²) in [4.78, 5) is 39.2. The number of thioether (sulfide) groups is 1. The van der Waals surface area contributed by atoms with E-state index in [9.17, 15) is 19.6 Å². The van der Waals surface area contributed by atoms with Crippen LogP contribution in [0, 0.1) is 17.2 Å². The second kappa shape index (κ2) is 9.58. The Labute approximate surface area is 172 Å². The molecule has 0 aliphatic carbocycles. The first-order valence-corrected chi connectivity index (χ1v) is 10.1. The molecule has 0 unspecified atom stereocenters. The zero-order valence-corrected chi connectivity index (χ0v) is 16.7. The summed E-state index contributed by atoms with van der Waals surface area (Å²) in [5.41, 5.74) is 0.901. The number of allylic oxidation sites excluding steroid dienone is 1.